The van der Waals surface area contributed by atoms with Gasteiger partial charge in [-0.25, -0.2) is 8.78 Å². The van der Waals surface area contributed by atoms with Gasteiger partial charge in [-0.3, -0.25) is 0 Å². The molecule has 0 N–H and O–H groups in total. The molecule has 0 fully saturated rings. The average Bonchev–Trinajstić information content (AvgIpc) is 2.39. The lowest BCUT2D eigenvalue weighted by atomic mass is 9.89. The van der Waals surface area contributed by atoms with Gasteiger partial charge in [-0.1, -0.05) is 40.2 Å². The van der Waals surface area contributed by atoms with Gasteiger partial charge in [0.2, 0.25) is 0 Å². The summed E-state index contributed by atoms with van der Waals surface area (Å²) in [6.45, 7) is 0. The lowest BCUT2D eigenvalue weighted by Gasteiger charge is -2.17. The minimum Gasteiger partial charge on any atom is -0.207 e. The molecule has 3 heteroatoms. The van der Waals surface area contributed by atoms with E-state index in [2.05, 4.69) is 15.9 Å². The van der Waals surface area contributed by atoms with Gasteiger partial charge in [-0.05, 0) is 41.8 Å². The first-order chi connectivity index (χ1) is 8.70. The molecular weight excluding hydrogens is 298 g/mol. The van der Waals surface area contributed by atoms with E-state index in [-0.39, 0.29) is 17.6 Å². The Morgan fingerprint density at radius 2 is 1.17 bits per heavy atom. The highest BCUT2D eigenvalue weighted by Crippen LogP contribution is 2.28. The first-order valence-electron chi connectivity index (χ1n) is 5.77. The second-order valence-corrected chi connectivity index (χ2v) is 4.93. The van der Waals surface area contributed by atoms with Gasteiger partial charge in [0.1, 0.15) is 11.6 Å². The molecule has 0 unspecified atom stereocenters. The molecule has 94 valence electrons. The molecule has 0 nitrogen and oxygen atoms in total. The van der Waals surface area contributed by atoms with Crippen molar-refractivity contribution in [3.63, 3.8) is 0 Å². The van der Waals surface area contributed by atoms with Crippen LogP contribution in [0.15, 0.2) is 48.5 Å². The molecule has 0 heterocycles. The van der Waals surface area contributed by atoms with Gasteiger partial charge < -0.3 is 0 Å². The van der Waals surface area contributed by atoms with Gasteiger partial charge in [-0.2, -0.15) is 0 Å². The van der Waals surface area contributed by atoms with E-state index in [0.717, 1.165) is 22.9 Å². The highest BCUT2D eigenvalue weighted by molar-refractivity contribution is 9.09. The van der Waals surface area contributed by atoms with E-state index in [4.69, 9.17) is 0 Å². The molecule has 0 bridgehead atoms. The number of hydrogen-bond acceptors (Lipinski definition) is 0. The van der Waals surface area contributed by atoms with Gasteiger partial charge in [0.15, 0.2) is 0 Å². The molecule has 2 aromatic carbocycles. The Balaban J connectivity index is 2.33. The van der Waals surface area contributed by atoms with Crippen LogP contribution in [-0.4, -0.2) is 5.33 Å². The molecule has 0 aliphatic carbocycles. The second kappa shape index (κ2) is 6.10. The van der Waals surface area contributed by atoms with E-state index in [9.17, 15) is 8.78 Å². The predicted molar refractivity (Wildman–Crippen MR) is 73.1 cm³/mol. The second-order valence-electron chi connectivity index (χ2n) is 4.13. The van der Waals surface area contributed by atoms with Crippen molar-refractivity contribution in [2.24, 2.45) is 0 Å². The topological polar surface area (TPSA) is 0 Å². The molecule has 0 saturated carbocycles. The largest absolute Gasteiger partial charge is 0.207 e. The normalized spacial score (nSPS) is 10.9. The zero-order valence-corrected chi connectivity index (χ0v) is 11.3. The molecule has 0 aliphatic heterocycles. The lowest BCUT2D eigenvalue weighted by molar-refractivity contribution is 0.624. The molecular formula is C15H13BrF2. The van der Waals surface area contributed by atoms with E-state index in [1.807, 2.05) is 0 Å². The minimum atomic E-state index is -0.240. The van der Waals surface area contributed by atoms with Crippen LogP contribution >= 0.6 is 15.9 Å². The van der Waals surface area contributed by atoms with Crippen LogP contribution in [0.4, 0.5) is 8.78 Å². The number of rotatable bonds is 4. The predicted octanol–water partition coefficient (Wildman–Crippen LogP) is 4.88. The average molecular weight is 311 g/mol. The Kier molecular flexibility index (Phi) is 4.48. The summed E-state index contributed by atoms with van der Waals surface area (Å²) in [4.78, 5) is 0. The van der Waals surface area contributed by atoms with Crippen molar-refractivity contribution in [1.29, 1.82) is 0 Å². The summed E-state index contributed by atoms with van der Waals surface area (Å²) >= 11 is 3.43. The molecule has 2 rings (SSSR count). The van der Waals surface area contributed by atoms with Crippen LogP contribution in [-0.2, 0) is 0 Å². The molecule has 0 aromatic heterocycles. The minimum absolute atomic E-state index is 0.158. The van der Waals surface area contributed by atoms with E-state index in [1.165, 1.54) is 24.3 Å². The number of hydrogen-bond donors (Lipinski definition) is 0. The maximum absolute atomic E-state index is 12.9. The smallest absolute Gasteiger partial charge is 0.123 e. The van der Waals surface area contributed by atoms with Crippen LogP contribution in [0.2, 0.25) is 0 Å². The SMILES string of the molecule is Fc1ccc(C(CCBr)c2ccc(F)cc2)cc1. The van der Waals surface area contributed by atoms with E-state index < -0.39 is 0 Å². The molecule has 0 radical (unpaired) electrons. The van der Waals surface area contributed by atoms with Gasteiger partial charge >= 0.3 is 0 Å². The summed E-state index contributed by atoms with van der Waals surface area (Å²) in [7, 11) is 0. The van der Waals surface area contributed by atoms with Crippen molar-refractivity contribution >= 4 is 15.9 Å². The van der Waals surface area contributed by atoms with Gasteiger partial charge in [0, 0.05) is 11.2 Å². The quantitative estimate of drug-likeness (QED) is 0.706. The zero-order chi connectivity index (χ0) is 13.0. The van der Waals surface area contributed by atoms with Crippen LogP contribution < -0.4 is 0 Å². The van der Waals surface area contributed by atoms with Gasteiger partial charge in [-0.15, -0.1) is 0 Å². The Morgan fingerprint density at radius 1 is 0.778 bits per heavy atom. The Morgan fingerprint density at radius 3 is 1.50 bits per heavy atom. The van der Waals surface area contributed by atoms with Crippen molar-refractivity contribution in [3.05, 3.63) is 71.3 Å². The van der Waals surface area contributed by atoms with Gasteiger partial charge in [0.05, 0.1) is 0 Å². The third-order valence-corrected chi connectivity index (χ3v) is 3.40. The third kappa shape index (κ3) is 3.16. The summed E-state index contributed by atoms with van der Waals surface area (Å²) in [5.41, 5.74) is 2.09. The summed E-state index contributed by atoms with van der Waals surface area (Å²) in [6, 6.07) is 13.0. The number of alkyl halides is 1. The van der Waals surface area contributed by atoms with E-state index in [1.54, 1.807) is 24.3 Å². The van der Waals surface area contributed by atoms with Crippen LogP contribution in [0.1, 0.15) is 23.5 Å². The first-order valence-corrected chi connectivity index (χ1v) is 6.90. The highest BCUT2D eigenvalue weighted by atomic mass is 79.9. The molecule has 18 heavy (non-hydrogen) atoms. The molecule has 0 spiro atoms. The summed E-state index contributed by atoms with van der Waals surface area (Å²) in [6.07, 6.45) is 0.886. The Bertz CT molecular complexity index is 445. The van der Waals surface area contributed by atoms with Crippen molar-refractivity contribution in [2.45, 2.75) is 12.3 Å². The van der Waals surface area contributed by atoms with Crippen molar-refractivity contribution in [1.82, 2.24) is 0 Å². The van der Waals surface area contributed by atoms with Crippen LogP contribution in [0.25, 0.3) is 0 Å². The van der Waals surface area contributed by atoms with Gasteiger partial charge in [0.25, 0.3) is 0 Å². The zero-order valence-electron chi connectivity index (χ0n) is 9.74. The molecule has 0 aliphatic rings. The number of benzene rings is 2. The lowest BCUT2D eigenvalue weighted by Crippen LogP contribution is -2.02. The van der Waals surface area contributed by atoms with Crippen molar-refractivity contribution in [2.75, 3.05) is 5.33 Å². The van der Waals surface area contributed by atoms with Crippen LogP contribution in [0.5, 0.6) is 0 Å². The fourth-order valence-electron chi connectivity index (χ4n) is 2.03. The Hall–Kier alpha value is -1.22. The van der Waals surface area contributed by atoms with Crippen LogP contribution in [0, 0.1) is 11.6 Å². The molecule has 0 saturated heterocycles. The summed E-state index contributed by atoms with van der Waals surface area (Å²) in [5.74, 6) is -0.323. The maximum Gasteiger partial charge on any atom is 0.123 e. The highest BCUT2D eigenvalue weighted by Gasteiger charge is 2.13. The molecule has 2 aromatic rings. The first kappa shape index (κ1) is 13.2. The Labute approximate surface area is 114 Å². The fourth-order valence-corrected chi connectivity index (χ4v) is 2.48. The van der Waals surface area contributed by atoms with E-state index >= 15 is 0 Å². The monoisotopic (exact) mass is 310 g/mol. The van der Waals surface area contributed by atoms with Crippen LogP contribution in [0.3, 0.4) is 0 Å². The summed E-state index contributed by atoms with van der Waals surface area (Å²) < 4.78 is 25.9. The standard InChI is InChI=1S/C15H13BrF2/c16-10-9-15(11-1-5-13(17)6-2-11)12-3-7-14(18)8-4-12/h1-8,15H,9-10H2. The molecule has 0 amide bonds. The summed E-state index contributed by atoms with van der Waals surface area (Å²) in [5, 5.41) is 0.840. The maximum atomic E-state index is 12.9. The van der Waals surface area contributed by atoms with E-state index in [0.29, 0.717) is 0 Å². The van der Waals surface area contributed by atoms with Crippen molar-refractivity contribution in [3.8, 4) is 0 Å². The fraction of sp³-hybridized carbons (Fsp3) is 0.200. The number of halogens is 3. The van der Waals surface area contributed by atoms with Crippen molar-refractivity contribution < 1.29 is 8.78 Å². The molecule has 0 atom stereocenters. The third-order valence-electron chi connectivity index (χ3n) is 2.94.